The van der Waals surface area contributed by atoms with Crippen molar-refractivity contribution in [3.63, 3.8) is 0 Å². The van der Waals surface area contributed by atoms with Crippen molar-refractivity contribution in [1.29, 1.82) is 0 Å². The number of carbonyl (C=O) groups excluding carboxylic acids is 2. The predicted molar refractivity (Wildman–Crippen MR) is 98.7 cm³/mol. The van der Waals surface area contributed by atoms with Crippen LogP contribution in [0.4, 0.5) is 5.82 Å². The van der Waals surface area contributed by atoms with Gasteiger partial charge in [-0.25, -0.2) is 9.97 Å². The van der Waals surface area contributed by atoms with Gasteiger partial charge in [0.1, 0.15) is 11.5 Å². The fourth-order valence-electron chi connectivity index (χ4n) is 2.95. The molecule has 1 fully saturated rings. The number of hydrogen-bond donors (Lipinski definition) is 0. The molecule has 1 aliphatic rings. The third-order valence-electron chi connectivity index (χ3n) is 4.53. The van der Waals surface area contributed by atoms with Crippen molar-refractivity contribution in [3.05, 3.63) is 54.0 Å². The first kappa shape index (κ1) is 17.8. The van der Waals surface area contributed by atoms with E-state index in [9.17, 15) is 9.59 Å². The van der Waals surface area contributed by atoms with Crippen LogP contribution in [0.1, 0.15) is 23.0 Å². The van der Waals surface area contributed by atoms with E-state index in [-0.39, 0.29) is 5.91 Å². The second-order valence-electron chi connectivity index (χ2n) is 6.19. The Morgan fingerprint density at radius 1 is 1.12 bits per heavy atom. The fraction of sp³-hybridized carbons (Fsp3) is 0.368. The summed E-state index contributed by atoms with van der Waals surface area (Å²) in [6.07, 6.45) is 4.02. The lowest BCUT2D eigenvalue weighted by Gasteiger charge is -2.32. The molecule has 1 aliphatic heterocycles. The van der Waals surface area contributed by atoms with Crippen molar-refractivity contribution in [1.82, 2.24) is 19.8 Å². The second-order valence-corrected chi connectivity index (χ2v) is 6.19. The molecule has 0 atom stereocenters. The Kier molecular flexibility index (Phi) is 5.78. The van der Waals surface area contributed by atoms with E-state index in [0.717, 1.165) is 25.3 Å². The molecule has 0 saturated carbocycles. The Labute approximate surface area is 153 Å². The highest BCUT2D eigenvalue weighted by molar-refractivity contribution is 5.92. The van der Waals surface area contributed by atoms with E-state index in [4.69, 9.17) is 0 Å². The van der Waals surface area contributed by atoms with Crippen molar-refractivity contribution >= 4 is 18.1 Å². The van der Waals surface area contributed by atoms with E-state index in [1.54, 1.807) is 16.0 Å². The smallest absolute Gasteiger partial charge is 0.274 e. The summed E-state index contributed by atoms with van der Waals surface area (Å²) in [6.45, 7) is 5.77. The number of aromatic nitrogens is 2. The molecule has 26 heavy (non-hydrogen) atoms. The SMILES string of the molecule is CCN(Cc1ccccc1)c1cnc(C(=O)N2CCN(C=O)CC2)cn1. The first-order valence-corrected chi connectivity index (χ1v) is 8.80. The van der Waals surface area contributed by atoms with Gasteiger partial charge in [-0.3, -0.25) is 9.59 Å². The molecule has 1 saturated heterocycles. The zero-order valence-electron chi connectivity index (χ0n) is 14.9. The number of anilines is 1. The summed E-state index contributed by atoms with van der Waals surface area (Å²) >= 11 is 0. The molecule has 136 valence electrons. The Balaban J connectivity index is 1.65. The summed E-state index contributed by atoms with van der Waals surface area (Å²) in [5, 5.41) is 0. The minimum Gasteiger partial charge on any atom is -0.351 e. The van der Waals surface area contributed by atoms with Gasteiger partial charge in [0.15, 0.2) is 0 Å². The lowest BCUT2D eigenvalue weighted by atomic mass is 10.2. The molecule has 0 aliphatic carbocycles. The third-order valence-corrected chi connectivity index (χ3v) is 4.53. The quantitative estimate of drug-likeness (QED) is 0.735. The van der Waals surface area contributed by atoms with Gasteiger partial charge in [0.05, 0.1) is 12.4 Å². The Bertz CT molecular complexity index is 727. The summed E-state index contributed by atoms with van der Waals surface area (Å²) in [6, 6.07) is 10.2. The lowest BCUT2D eigenvalue weighted by Crippen LogP contribution is -2.48. The van der Waals surface area contributed by atoms with E-state index >= 15 is 0 Å². The Morgan fingerprint density at radius 2 is 1.85 bits per heavy atom. The molecule has 1 aromatic carbocycles. The highest BCUT2D eigenvalue weighted by Gasteiger charge is 2.22. The topological polar surface area (TPSA) is 69.6 Å². The molecular formula is C19H23N5O2. The van der Waals surface area contributed by atoms with Crippen molar-refractivity contribution < 1.29 is 9.59 Å². The summed E-state index contributed by atoms with van der Waals surface area (Å²) in [5.74, 6) is 0.611. The standard InChI is InChI=1S/C19H23N5O2/c1-2-23(14-16-6-4-3-5-7-16)18-13-20-17(12-21-18)19(26)24-10-8-22(15-25)9-11-24/h3-7,12-13,15H,2,8-11,14H2,1H3. The second kappa shape index (κ2) is 8.42. The number of piperazine rings is 1. The molecule has 2 amide bonds. The monoisotopic (exact) mass is 353 g/mol. The van der Waals surface area contributed by atoms with E-state index in [1.807, 2.05) is 18.2 Å². The summed E-state index contributed by atoms with van der Waals surface area (Å²) in [4.78, 5) is 37.6. The highest BCUT2D eigenvalue weighted by Crippen LogP contribution is 2.14. The molecule has 2 aromatic rings. The molecule has 0 radical (unpaired) electrons. The predicted octanol–water partition coefficient (Wildman–Crippen LogP) is 1.42. The maximum absolute atomic E-state index is 12.5. The molecule has 3 rings (SSSR count). The third kappa shape index (κ3) is 4.17. The number of benzene rings is 1. The summed E-state index contributed by atoms with van der Waals surface area (Å²) in [5.41, 5.74) is 1.54. The zero-order chi connectivity index (χ0) is 18.4. The van der Waals surface area contributed by atoms with Gasteiger partial charge in [-0.1, -0.05) is 30.3 Å². The highest BCUT2D eigenvalue weighted by atomic mass is 16.2. The molecular weight excluding hydrogens is 330 g/mol. The number of rotatable bonds is 6. The maximum atomic E-state index is 12.5. The maximum Gasteiger partial charge on any atom is 0.274 e. The largest absolute Gasteiger partial charge is 0.351 e. The molecule has 0 bridgehead atoms. The van der Waals surface area contributed by atoms with Crippen LogP contribution in [0.3, 0.4) is 0 Å². The van der Waals surface area contributed by atoms with E-state index in [2.05, 4.69) is 33.9 Å². The molecule has 0 spiro atoms. The normalized spacial score (nSPS) is 14.2. The van der Waals surface area contributed by atoms with Crippen LogP contribution in [0.2, 0.25) is 0 Å². The van der Waals surface area contributed by atoms with Crippen LogP contribution in [-0.2, 0) is 11.3 Å². The number of carbonyl (C=O) groups is 2. The van der Waals surface area contributed by atoms with Crippen molar-refractivity contribution in [2.45, 2.75) is 13.5 Å². The summed E-state index contributed by atoms with van der Waals surface area (Å²) < 4.78 is 0. The minimum absolute atomic E-state index is 0.138. The number of nitrogens with zero attached hydrogens (tertiary/aromatic N) is 5. The van der Waals surface area contributed by atoms with Crippen LogP contribution < -0.4 is 4.90 Å². The van der Waals surface area contributed by atoms with Gasteiger partial charge >= 0.3 is 0 Å². The van der Waals surface area contributed by atoms with Gasteiger partial charge in [-0.05, 0) is 12.5 Å². The van der Waals surface area contributed by atoms with Crippen molar-refractivity contribution in [2.75, 3.05) is 37.6 Å². The molecule has 7 nitrogen and oxygen atoms in total. The minimum atomic E-state index is -0.138. The summed E-state index contributed by atoms with van der Waals surface area (Å²) in [7, 11) is 0. The van der Waals surface area contributed by atoms with Gasteiger partial charge in [0, 0.05) is 39.3 Å². The van der Waals surface area contributed by atoms with Gasteiger partial charge in [-0.2, -0.15) is 0 Å². The van der Waals surface area contributed by atoms with E-state index in [1.165, 1.54) is 11.8 Å². The number of amides is 2. The van der Waals surface area contributed by atoms with Gasteiger partial charge in [0.25, 0.3) is 5.91 Å². The van der Waals surface area contributed by atoms with Gasteiger partial charge < -0.3 is 14.7 Å². The van der Waals surface area contributed by atoms with Crippen LogP contribution in [0.25, 0.3) is 0 Å². The Hall–Kier alpha value is -2.96. The van der Waals surface area contributed by atoms with Crippen LogP contribution in [0.15, 0.2) is 42.7 Å². The van der Waals surface area contributed by atoms with Crippen LogP contribution in [0.5, 0.6) is 0 Å². The number of hydrogen-bond acceptors (Lipinski definition) is 5. The molecule has 2 heterocycles. The van der Waals surface area contributed by atoms with Crippen LogP contribution >= 0.6 is 0 Å². The molecule has 0 N–H and O–H groups in total. The van der Waals surface area contributed by atoms with Gasteiger partial charge in [0.2, 0.25) is 6.41 Å². The van der Waals surface area contributed by atoms with Crippen LogP contribution in [-0.4, -0.2) is 64.8 Å². The Morgan fingerprint density at radius 3 is 2.42 bits per heavy atom. The van der Waals surface area contributed by atoms with E-state index in [0.29, 0.717) is 31.9 Å². The first-order chi connectivity index (χ1) is 12.7. The first-order valence-electron chi connectivity index (χ1n) is 8.80. The molecule has 7 heteroatoms. The van der Waals surface area contributed by atoms with Crippen molar-refractivity contribution in [2.24, 2.45) is 0 Å². The average Bonchev–Trinajstić information content (AvgIpc) is 2.72. The zero-order valence-corrected chi connectivity index (χ0v) is 14.9. The van der Waals surface area contributed by atoms with Crippen molar-refractivity contribution in [3.8, 4) is 0 Å². The van der Waals surface area contributed by atoms with E-state index < -0.39 is 0 Å². The lowest BCUT2D eigenvalue weighted by molar-refractivity contribution is -0.119. The van der Waals surface area contributed by atoms with Crippen LogP contribution in [0, 0.1) is 0 Å². The van der Waals surface area contributed by atoms with Gasteiger partial charge in [-0.15, -0.1) is 0 Å². The molecule has 0 unspecified atom stereocenters. The molecule has 1 aromatic heterocycles. The fourth-order valence-corrected chi connectivity index (χ4v) is 2.95. The average molecular weight is 353 g/mol.